The van der Waals surface area contributed by atoms with Gasteiger partial charge < -0.3 is 5.73 Å². The van der Waals surface area contributed by atoms with Gasteiger partial charge in [0, 0.05) is 6.20 Å². The minimum absolute atomic E-state index is 0.380. The summed E-state index contributed by atoms with van der Waals surface area (Å²) in [4.78, 5) is 11.1. The second-order valence-corrected chi connectivity index (χ2v) is 4.26. The van der Waals surface area contributed by atoms with Crippen molar-refractivity contribution >= 4 is 5.91 Å². The second-order valence-electron chi connectivity index (χ2n) is 4.26. The number of amides is 1. The molecular formula is C11H17N3O. The van der Waals surface area contributed by atoms with E-state index in [4.69, 9.17) is 5.73 Å². The summed E-state index contributed by atoms with van der Waals surface area (Å²) in [6.07, 6.45) is 7.97. The average molecular weight is 207 g/mol. The number of carbonyl (C=O) groups excluding carboxylic acids is 1. The Morgan fingerprint density at radius 1 is 1.47 bits per heavy atom. The molecule has 1 aliphatic rings. The van der Waals surface area contributed by atoms with Gasteiger partial charge in [-0.15, -0.1) is 0 Å². The SMILES string of the molecule is Cc1nn(C2CCCCC2)cc1C(N)=O. The molecular weight excluding hydrogens is 190 g/mol. The molecule has 1 heterocycles. The third-order valence-electron chi connectivity index (χ3n) is 3.13. The van der Waals surface area contributed by atoms with Crippen LogP contribution < -0.4 is 5.73 Å². The minimum Gasteiger partial charge on any atom is -0.365 e. The molecule has 82 valence electrons. The van der Waals surface area contributed by atoms with Gasteiger partial charge in [-0.2, -0.15) is 5.10 Å². The van der Waals surface area contributed by atoms with Gasteiger partial charge in [-0.3, -0.25) is 9.48 Å². The Balaban J connectivity index is 2.21. The highest BCUT2D eigenvalue weighted by Gasteiger charge is 2.18. The molecule has 0 bridgehead atoms. The lowest BCUT2D eigenvalue weighted by molar-refractivity contribution is 0.0999. The van der Waals surface area contributed by atoms with E-state index in [-0.39, 0.29) is 5.91 Å². The van der Waals surface area contributed by atoms with Crippen molar-refractivity contribution in [3.05, 3.63) is 17.5 Å². The van der Waals surface area contributed by atoms with Crippen molar-refractivity contribution in [1.29, 1.82) is 0 Å². The van der Waals surface area contributed by atoms with Crippen LogP contribution in [-0.4, -0.2) is 15.7 Å². The molecule has 1 saturated carbocycles. The molecule has 1 aliphatic carbocycles. The molecule has 0 saturated heterocycles. The van der Waals surface area contributed by atoms with Gasteiger partial charge in [0.2, 0.25) is 0 Å². The molecule has 0 aliphatic heterocycles. The van der Waals surface area contributed by atoms with E-state index in [1.807, 2.05) is 11.6 Å². The molecule has 15 heavy (non-hydrogen) atoms. The predicted octanol–water partition coefficient (Wildman–Crippen LogP) is 1.80. The maximum absolute atomic E-state index is 11.1. The van der Waals surface area contributed by atoms with Crippen LogP contribution >= 0.6 is 0 Å². The van der Waals surface area contributed by atoms with Crippen LogP contribution in [0.15, 0.2) is 6.20 Å². The minimum atomic E-state index is -0.380. The Kier molecular flexibility index (Phi) is 2.75. The first-order chi connectivity index (χ1) is 7.18. The summed E-state index contributed by atoms with van der Waals surface area (Å²) in [5.41, 5.74) is 6.56. The first-order valence-corrected chi connectivity index (χ1v) is 5.54. The highest BCUT2D eigenvalue weighted by atomic mass is 16.1. The number of aromatic nitrogens is 2. The normalized spacial score (nSPS) is 17.9. The summed E-state index contributed by atoms with van der Waals surface area (Å²) in [5, 5.41) is 4.37. The number of hydrogen-bond acceptors (Lipinski definition) is 2. The lowest BCUT2D eigenvalue weighted by atomic mass is 9.96. The van der Waals surface area contributed by atoms with Gasteiger partial charge in [0.25, 0.3) is 5.91 Å². The lowest BCUT2D eigenvalue weighted by Crippen LogP contribution is -2.14. The molecule has 0 unspecified atom stereocenters. The Hall–Kier alpha value is -1.32. The Bertz CT molecular complexity index is 364. The van der Waals surface area contributed by atoms with E-state index >= 15 is 0 Å². The third kappa shape index (κ3) is 2.03. The van der Waals surface area contributed by atoms with Crippen molar-refractivity contribution in [3.8, 4) is 0 Å². The summed E-state index contributed by atoms with van der Waals surface area (Å²) < 4.78 is 1.93. The summed E-state index contributed by atoms with van der Waals surface area (Å²) >= 11 is 0. The zero-order valence-electron chi connectivity index (χ0n) is 9.07. The molecule has 1 amide bonds. The number of nitrogens with zero attached hydrogens (tertiary/aromatic N) is 2. The fourth-order valence-electron chi connectivity index (χ4n) is 2.26. The molecule has 2 N–H and O–H groups in total. The molecule has 0 aromatic carbocycles. The Morgan fingerprint density at radius 3 is 2.67 bits per heavy atom. The first kappa shape index (κ1) is 10.2. The zero-order chi connectivity index (χ0) is 10.8. The number of hydrogen-bond donors (Lipinski definition) is 1. The van der Waals surface area contributed by atoms with Crippen LogP contribution in [0.2, 0.25) is 0 Å². The largest absolute Gasteiger partial charge is 0.365 e. The van der Waals surface area contributed by atoms with E-state index in [2.05, 4.69) is 5.10 Å². The molecule has 1 aromatic rings. The second kappa shape index (κ2) is 4.04. The van der Waals surface area contributed by atoms with Crippen LogP contribution in [0.25, 0.3) is 0 Å². The van der Waals surface area contributed by atoms with E-state index in [0.29, 0.717) is 11.6 Å². The first-order valence-electron chi connectivity index (χ1n) is 5.54. The van der Waals surface area contributed by atoms with Crippen molar-refractivity contribution in [3.63, 3.8) is 0 Å². The number of aryl methyl sites for hydroxylation is 1. The molecule has 1 aromatic heterocycles. The Labute approximate surface area is 89.5 Å². The van der Waals surface area contributed by atoms with Gasteiger partial charge in [0.15, 0.2) is 0 Å². The molecule has 2 rings (SSSR count). The van der Waals surface area contributed by atoms with Gasteiger partial charge in [-0.25, -0.2) is 0 Å². The van der Waals surface area contributed by atoms with Crippen LogP contribution in [0, 0.1) is 6.92 Å². The van der Waals surface area contributed by atoms with Crippen molar-refractivity contribution in [1.82, 2.24) is 9.78 Å². The molecule has 1 fully saturated rings. The average Bonchev–Trinajstić information content (AvgIpc) is 2.62. The Morgan fingerprint density at radius 2 is 2.13 bits per heavy atom. The molecule has 4 nitrogen and oxygen atoms in total. The number of primary amides is 1. The van der Waals surface area contributed by atoms with Crippen molar-refractivity contribution < 1.29 is 4.79 Å². The van der Waals surface area contributed by atoms with Crippen LogP contribution in [0.4, 0.5) is 0 Å². The third-order valence-corrected chi connectivity index (χ3v) is 3.13. The van der Waals surface area contributed by atoms with Gasteiger partial charge >= 0.3 is 0 Å². The monoisotopic (exact) mass is 207 g/mol. The van der Waals surface area contributed by atoms with E-state index < -0.39 is 0 Å². The van der Waals surface area contributed by atoms with Crippen molar-refractivity contribution in [2.75, 3.05) is 0 Å². The fourth-order valence-corrected chi connectivity index (χ4v) is 2.26. The highest BCUT2D eigenvalue weighted by Crippen LogP contribution is 2.28. The van der Waals surface area contributed by atoms with E-state index in [1.165, 1.54) is 32.1 Å². The maximum Gasteiger partial charge on any atom is 0.252 e. The summed E-state index contributed by atoms with van der Waals surface area (Å²) in [7, 11) is 0. The van der Waals surface area contributed by atoms with Crippen molar-refractivity contribution in [2.45, 2.75) is 45.1 Å². The molecule has 0 spiro atoms. The van der Waals surface area contributed by atoms with Gasteiger partial charge in [-0.1, -0.05) is 19.3 Å². The van der Waals surface area contributed by atoms with Crippen molar-refractivity contribution in [2.24, 2.45) is 5.73 Å². The number of nitrogens with two attached hydrogens (primary N) is 1. The quantitative estimate of drug-likeness (QED) is 0.803. The van der Waals surface area contributed by atoms with Crippen LogP contribution in [0.1, 0.15) is 54.2 Å². The topological polar surface area (TPSA) is 60.9 Å². The molecule has 0 radical (unpaired) electrons. The van der Waals surface area contributed by atoms with E-state index in [9.17, 15) is 4.79 Å². The van der Waals surface area contributed by atoms with Gasteiger partial charge in [0.1, 0.15) is 0 Å². The predicted molar refractivity (Wildman–Crippen MR) is 57.6 cm³/mol. The fraction of sp³-hybridized carbons (Fsp3) is 0.636. The smallest absolute Gasteiger partial charge is 0.252 e. The lowest BCUT2D eigenvalue weighted by Gasteiger charge is -2.21. The standard InChI is InChI=1S/C11H17N3O/c1-8-10(11(12)15)7-14(13-8)9-5-3-2-4-6-9/h7,9H,2-6H2,1H3,(H2,12,15). The maximum atomic E-state index is 11.1. The van der Waals surface area contributed by atoms with Gasteiger partial charge in [0.05, 0.1) is 17.3 Å². The summed E-state index contributed by atoms with van der Waals surface area (Å²) in [5.74, 6) is -0.380. The van der Waals surface area contributed by atoms with Gasteiger partial charge in [-0.05, 0) is 19.8 Å². The summed E-state index contributed by atoms with van der Waals surface area (Å²) in [6, 6.07) is 0.463. The number of rotatable bonds is 2. The summed E-state index contributed by atoms with van der Waals surface area (Å²) in [6.45, 7) is 1.83. The molecule has 0 atom stereocenters. The van der Waals surface area contributed by atoms with Crippen LogP contribution in [-0.2, 0) is 0 Å². The molecule has 4 heteroatoms. The highest BCUT2D eigenvalue weighted by molar-refractivity contribution is 5.93. The van der Waals surface area contributed by atoms with Crippen LogP contribution in [0.3, 0.4) is 0 Å². The van der Waals surface area contributed by atoms with E-state index in [1.54, 1.807) is 6.20 Å². The van der Waals surface area contributed by atoms with E-state index in [0.717, 1.165) is 5.69 Å². The zero-order valence-corrected chi connectivity index (χ0v) is 9.07. The van der Waals surface area contributed by atoms with Crippen LogP contribution in [0.5, 0.6) is 0 Å². The number of carbonyl (C=O) groups is 1.